The van der Waals surface area contributed by atoms with Crippen LogP contribution in [-0.2, 0) is 16.3 Å². The Labute approximate surface area is 136 Å². The molecule has 2 aromatic rings. The van der Waals surface area contributed by atoms with E-state index in [1.165, 1.54) is 36.4 Å². The highest BCUT2D eigenvalue weighted by Gasteiger charge is 2.23. The molecule has 22 heavy (non-hydrogen) atoms. The lowest BCUT2D eigenvalue weighted by atomic mass is 10.3. The van der Waals surface area contributed by atoms with Crippen LogP contribution in [-0.4, -0.2) is 6.61 Å². The van der Waals surface area contributed by atoms with E-state index < -0.39 is 5.69 Å². The van der Waals surface area contributed by atoms with Gasteiger partial charge in [0.1, 0.15) is 24.0 Å². The van der Waals surface area contributed by atoms with Gasteiger partial charge < -0.3 is 4.52 Å². The summed E-state index contributed by atoms with van der Waals surface area (Å²) >= 11 is 6.61. The second-order valence-electron chi connectivity index (χ2n) is 4.02. The zero-order valence-electron chi connectivity index (χ0n) is 11.2. The minimum absolute atomic E-state index is 0.00727. The molecule has 1 unspecified atom stereocenters. The molecule has 1 atom stereocenters. The van der Waals surface area contributed by atoms with E-state index in [2.05, 4.69) is 5.92 Å². The van der Waals surface area contributed by atoms with E-state index in [0.717, 1.165) is 11.4 Å². The molecule has 0 saturated heterocycles. The summed E-state index contributed by atoms with van der Waals surface area (Å²) in [6.07, 6.45) is 5.19. The summed E-state index contributed by atoms with van der Waals surface area (Å²) in [6.45, 7) is -0.00727. The Morgan fingerprint density at radius 2 is 1.59 bits per heavy atom. The van der Waals surface area contributed by atoms with E-state index in [0.29, 0.717) is 10.6 Å². The lowest BCUT2D eigenvalue weighted by molar-refractivity contribution is 0.371. The van der Waals surface area contributed by atoms with Crippen LogP contribution in [0.25, 0.3) is 0 Å². The van der Waals surface area contributed by atoms with Crippen LogP contribution >= 0.6 is 17.1 Å². The Kier molecular flexibility index (Phi) is 5.98. The first-order valence-electron chi connectivity index (χ1n) is 6.09. The van der Waals surface area contributed by atoms with Crippen molar-refractivity contribution in [2.24, 2.45) is 0 Å². The van der Waals surface area contributed by atoms with Gasteiger partial charge in [-0.2, -0.15) is 0 Å². The fraction of sp³-hybridized carbons (Fsp3) is 0.0667. The fourth-order valence-electron chi connectivity index (χ4n) is 1.44. The molecule has 2 nitrogen and oxygen atoms in total. The molecule has 0 heterocycles. The summed E-state index contributed by atoms with van der Waals surface area (Å²) in [6, 6.07) is 11.2. The van der Waals surface area contributed by atoms with Crippen LogP contribution in [0.15, 0.2) is 53.4 Å². The van der Waals surface area contributed by atoms with Gasteiger partial charge in [-0.1, -0.05) is 5.92 Å². The van der Waals surface area contributed by atoms with Gasteiger partial charge in [-0.25, -0.2) is 8.78 Å². The van der Waals surface area contributed by atoms with Crippen LogP contribution in [0.5, 0.6) is 5.75 Å². The molecule has 114 valence electrons. The average molecular weight is 356 g/mol. The summed E-state index contributed by atoms with van der Waals surface area (Å²) in [5.41, 5.74) is -2.85. The maximum atomic E-state index is 13.0. The molecule has 0 saturated carbocycles. The van der Waals surface area contributed by atoms with E-state index in [1.54, 1.807) is 12.1 Å². The van der Waals surface area contributed by atoms with Crippen LogP contribution in [0.4, 0.5) is 8.78 Å². The van der Waals surface area contributed by atoms with Crippen molar-refractivity contribution in [3.05, 3.63) is 60.2 Å². The van der Waals surface area contributed by atoms with E-state index in [-0.39, 0.29) is 18.2 Å². The number of benzene rings is 2. The summed E-state index contributed by atoms with van der Waals surface area (Å²) < 4.78 is 37.1. The van der Waals surface area contributed by atoms with Crippen molar-refractivity contribution >= 4 is 28.9 Å². The van der Waals surface area contributed by atoms with E-state index in [9.17, 15) is 8.78 Å². The molecule has 0 aliphatic rings. The smallest absolute Gasteiger partial charge is 0.303 e. The van der Waals surface area contributed by atoms with Crippen LogP contribution in [0.1, 0.15) is 0 Å². The third-order valence-electron chi connectivity index (χ3n) is 2.37. The van der Waals surface area contributed by atoms with Crippen molar-refractivity contribution in [2.75, 3.05) is 6.61 Å². The summed E-state index contributed by atoms with van der Waals surface area (Å²) in [4.78, 5) is 0.698. The van der Waals surface area contributed by atoms with Crippen molar-refractivity contribution in [3.8, 4) is 18.1 Å². The number of terminal acetylenes is 1. The quantitative estimate of drug-likeness (QED) is 0.535. The molecule has 0 amide bonds. The van der Waals surface area contributed by atoms with Gasteiger partial charge in [0.05, 0.1) is 0 Å². The third kappa shape index (κ3) is 5.11. The molecule has 0 spiro atoms. The Morgan fingerprint density at radius 1 is 1.05 bits per heavy atom. The first-order valence-corrected chi connectivity index (χ1v) is 10.1. The van der Waals surface area contributed by atoms with Crippen LogP contribution in [0.3, 0.4) is 0 Å². The van der Waals surface area contributed by atoms with Gasteiger partial charge >= 0.3 is 5.69 Å². The highest BCUT2D eigenvalue weighted by molar-refractivity contribution is 8.68. The highest BCUT2D eigenvalue weighted by atomic mass is 32.9. The highest BCUT2D eigenvalue weighted by Crippen LogP contribution is 2.63. The predicted molar refractivity (Wildman–Crippen MR) is 88.4 cm³/mol. The average Bonchev–Trinajstić information content (AvgIpc) is 2.50. The summed E-state index contributed by atoms with van der Waals surface area (Å²) in [5.74, 6) is 2.00. The van der Waals surface area contributed by atoms with Gasteiger partial charge in [-0.05, 0) is 71.7 Å². The largest absolute Gasteiger partial charge is 0.436 e. The zero-order chi connectivity index (χ0) is 16.0. The molecule has 0 aliphatic heterocycles. The lowest BCUT2D eigenvalue weighted by Gasteiger charge is -2.21. The van der Waals surface area contributed by atoms with Crippen LogP contribution < -0.4 is 4.52 Å². The molecular weight excluding hydrogens is 345 g/mol. The van der Waals surface area contributed by atoms with Gasteiger partial charge in [-0.3, -0.25) is 4.52 Å². The van der Waals surface area contributed by atoms with E-state index in [1.807, 2.05) is 0 Å². The molecule has 0 fully saturated rings. The Balaban J connectivity index is 2.19. The van der Waals surface area contributed by atoms with E-state index >= 15 is 0 Å². The standard InChI is InChI=1S/C15H11F2O2PS2/c1-2-11-18-20(21,19-14-7-3-12(16)4-8-14)22-15-9-5-13(17)6-10-15/h1,3-10H,11H2. The maximum Gasteiger partial charge on any atom is 0.303 e. The number of halogens is 2. The van der Waals surface area contributed by atoms with Crippen LogP contribution in [0.2, 0.25) is 0 Å². The monoisotopic (exact) mass is 356 g/mol. The fourth-order valence-corrected chi connectivity index (χ4v) is 5.72. The van der Waals surface area contributed by atoms with Crippen molar-refractivity contribution in [2.45, 2.75) is 4.90 Å². The van der Waals surface area contributed by atoms with Gasteiger partial charge in [-0.15, -0.1) is 6.42 Å². The molecule has 0 aliphatic carbocycles. The molecular formula is C15H11F2O2PS2. The Morgan fingerprint density at radius 3 is 2.14 bits per heavy atom. The third-order valence-corrected chi connectivity index (χ3v) is 7.01. The van der Waals surface area contributed by atoms with Gasteiger partial charge in [0.25, 0.3) is 0 Å². The summed E-state index contributed by atoms with van der Waals surface area (Å²) in [5, 5.41) is 0. The second kappa shape index (κ2) is 7.75. The molecule has 0 radical (unpaired) electrons. The SMILES string of the molecule is C#CCOP(=S)(Oc1ccc(F)cc1)Sc1ccc(F)cc1. The van der Waals surface area contributed by atoms with Gasteiger partial charge in [0.15, 0.2) is 0 Å². The van der Waals surface area contributed by atoms with Crippen LogP contribution in [0, 0.1) is 24.0 Å². The molecule has 0 aromatic heterocycles. The van der Waals surface area contributed by atoms with Gasteiger partial charge in [0.2, 0.25) is 0 Å². The molecule has 2 rings (SSSR count). The van der Waals surface area contributed by atoms with Crippen molar-refractivity contribution in [1.29, 1.82) is 0 Å². The van der Waals surface area contributed by atoms with Gasteiger partial charge in [0, 0.05) is 4.90 Å². The molecule has 7 heteroatoms. The Hall–Kier alpha value is -1.38. The van der Waals surface area contributed by atoms with E-state index in [4.69, 9.17) is 27.3 Å². The minimum Gasteiger partial charge on any atom is -0.436 e. The second-order valence-corrected chi connectivity index (χ2v) is 10.1. The Bertz CT molecular complexity index is 660. The predicted octanol–water partition coefficient (Wildman–Crippen LogP) is 5.01. The topological polar surface area (TPSA) is 18.5 Å². The molecule has 0 N–H and O–H groups in total. The lowest BCUT2D eigenvalue weighted by Crippen LogP contribution is -1.96. The first-order chi connectivity index (χ1) is 10.5. The molecule has 2 aromatic carbocycles. The number of hydrogen-bond acceptors (Lipinski definition) is 4. The maximum absolute atomic E-state index is 13.0. The number of rotatable bonds is 6. The van der Waals surface area contributed by atoms with Crippen molar-refractivity contribution < 1.29 is 17.8 Å². The number of hydrogen-bond donors (Lipinski definition) is 0. The molecule has 0 bridgehead atoms. The minimum atomic E-state index is -2.85. The van der Waals surface area contributed by atoms with Crippen molar-refractivity contribution in [3.63, 3.8) is 0 Å². The first kappa shape index (κ1) is 17.0. The normalized spacial score (nSPS) is 13.1. The zero-order valence-corrected chi connectivity index (χ0v) is 13.8. The van der Waals surface area contributed by atoms with Crippen molar-refractivity contribution in [1.82, 2.24) is 0 Å². The summed E-state index contributed by atoms with van der Waals surface area (Å²) in [7, 11) is 0.